The lowest BCUT2D eigenvalue weighted by atomic mass is 10.1. The summed E-state index contributed by atoms with van der Waals surface area (Å²) in [6.45, 7) is 0. The summed E-state index contributed by atoms with van der Waals surface area (Å²) in [5.74, 6) is 1.50. The summed E-state index contributed by atoms with van der Waals surface area (Å²) in [5, 5.41) is 8.09. The van der Waals surface area contributed by atoms with Gasteiger partial charge in [0.15, 0.2) is 0 Å². The van der Waals surface area contributed by atoms with E-state index in [4.69, 9.17) is 14.7 Å². The third-order valence-electron chi connectivity index (χ3n) is 9.98. The number of imidazole rings is 1. The summed E-state index contributed by atoms with van der Waals surface area (Å²) in [6.07, 6.45) is 5.74. The maximum Gasteiger partial charge on any atom is 0.145 e. The van der Waals surface area contributed by atoms with Crippen LogP contribution in [0.5, 0.6) is 11.5 Å². The third kappa shape index (κ3) is 3.78. The first-order valence-electron chi connectivity index (χ1n) is 16.7. The Hall–Kier alpha value is -6.92. The van der Waals surface area contributed by atoms with E-state index in [9.17, 15) is 0 Å². The lowest BCUT2D eigenvalue weighted by molar-refractivity contribution is 0.483. The predicted octanol–water partition coefficient (Wildman–Crippen LogP) is 11.0. The van der Waals surface area contributed by atoms with E-state index in [1.54, 1.807) is 0 Å². The highest BCUT2D eigenvalue weighted by molar-refractivity contribution is 6.25. The second-order valence-corrected chi connectivity index (χ2v) is 12.7. The number of fused-ring (bicyclic) bond motifs is 13. The van der Waals surface area contributed by atoms with Crippen LogP contribution in [0.4, 0.5) is 0 Å². The number of para-hydroxylation sites is 3. The number of rotatable bonds is 4. The van der Waals surface area contributed by atoms with Gasteiger partial charge in [0.25, 0.3) is 0 Å². The van der Waals surface area contributed by atoms with Gasteiger partial charge in [-0.1, -0.05) is 66.7 Å². The first-order valence-corrected chi connectivity index (χ1v) is 16.7. The van der Waals surface area contributed by atoms with Crippen LogP contribution in [0, 0.1) is 0 Å². The van der Waals surface area contributed by atoms with E-state index in [-0.39, 0.29) is 0 Å². The van der Waals surface area contributed by atoms with Crippen molar-refractivity contribution < 1.29 is 4.74 Å². The normalized spacial score (nSPS) is 12.0. The molecule has 0 aliphatic heterocycles. The average Bonchev–Trinajstić information content (AvgIpc) is 3.89. The highest BCUT2D eigenvalue weighted by atomic mass is 16.5. The minimum Gasteiger partial charge on any atom is -0.457 e. The van der Waals surface area contributed by atoms with Crippen LogP contribution in [0.3, 0.4) is 0 Å². The fraction of sp³-hybridized carbons (Fsp3) is 0. The highest BCUT2D eigenvalue weighted by Gasteiger charge is 2.21. The predicted molar refractivity (Wildman–Crippen MR) is 203 cm³/mol. The second kappa shape index (κ2) is 10.3. The Bertz CT molecular complexity index is 3130. The lowest BCUT2D eigenvalue weighted by Gasteiger charge is -2.13. The van der Waals surface area contributed by atoms with Crippen molar-refractivity contribution in [3.63, 3.8) is 0 Å². The van der Waals surface area contributed by atoms with Crippen molar-refractivity contribution >= 4 is 71.1 Å². The Morgan fingerprint density at radius 1 is 0.420 bits per heavy atom. The molecule has 0 amide bonds. The van der Waals surface area contributed by atoms with Crippen molar-refractivity contribution in [2.45, 2.75) is 0 Å². The molecule has 11 rings (SSSR count). The molecule has 0 spiro atoms. The van der Waals surface area contributed by atoms with Crippen molar-refractivity contribution in [3.8, 4) is 22.9 Å². The summed E-state index contributed by atoms with van der Waals surface area (Å²) >= 11 is 0. The van der Waals surface area contributed by atoms with E-state index in [2.05, 4.69) is 135 Å². The smallest absolute Gasteiger partial charge is 0.145 e. The van der Waals surface area contributed by atoms with Gasteiger partial charge in [0.2, 0.25) is 0 Å². The lowest BCUT2D eigenvalue weighted by Crippen LogP contribution is -1.96. The van der Waals surface area contributed by atoms with Gasteiger partial charge in [-0.15, -0.1) is 0 Å². The first-order chi connectivity index (χ1) is 24.8. The van der Waals surface area contributed by atoms with Crippen LogP contribution in [0.1, 0.15) is 0 Å². The molecule has 0 saturated carbocycles. The molecule has 0 fully saturated rings. The molecule has 0 unspecified atom stereocenters. The van der Waals surface area contributed by atoms with Crippen LogP contribution in [0.15, 0.2) is 164 Å². The summed E-state index contributed by atoms with van der Waals surface area (Å²) in [5.41, 5.74) is 8.49. The zero-order valence-electron chi connectivity index (χ0n) is 26.7. The number of hydrogen-bond acceptors (Lipinski definition) is 3. The maximum absolute atomic E-state index is 6.60. The number of hydrogen-bond donors (Lipinski definition) is 0. The minimum absolute atomic E-state index is 0.743. The number of benzene rings is 6. The topological polar surface area (TPSA) is 49.3 Å². The summed E-state index contributed by atoms with van der Waals surface area (Å²) < 4.78 is 13.4. The van der Waals surface area contributed by atoms with Gasteiger partial charge in [-0.2, -0.15) is 0 Å². The second-order valence-electron chi connectivity index (χ2n) is 12.7. The summed E-state index contributed by atoms with van der Waals surface area (Å²) in [6, 6.07) is 51.0. The van der Waals surface area contributed by atoms with Gasteiger partial charge in [0.05, 0.1) is 27.8 Å². The molecule has 234 valence electrons. The zero-order chi connectivity index (χ0) is 32.8. The van der Waals surface area contributed by atoms with Gasteiger partial charge in [0, 0.05) is 62.7 Å². The fourth-order valence-electron chi connectivity index (χ4n) is 7.93. The van der Waals surface area contributed by atoms with Crippen LogP contribution in [-0.2, 0) is 0 Å². The Morgan fingerprint density at radius 3 is 2.04 bits per heavy atom. The molecule has 6 aromatic carbocycles. The van der Waals surface area contributed by atoms with Crippen molar-refractivity contribution in [1.82, 2.24) is 23.5 Å². The molecule has 0 bridgehead atoms. The molecule has 6 nitrogen and oxygen atoms in total. The molecule has 0 N–H and O–H groups in total. The van der Waals surface area contributed by atoms with Crippen molar-refractivity contribution in [2.24, 2.45) is 0 Å². The Balaban J connectivity index is 1.11. The van der Waals surface area contributed by atoms with E-state index in [0.717, 1.165) is 61.4 Å². The van der Waals surface area contributed by atoms with E-state index >= 15 is 0 Å². The molecular formula is C44H27N5O. The first kappa shape index (κ1) is 27.1. The van der Waals surface area contributed by atoms with Gasteiger partial charge < -0.3 is 9.30 Å². The number of pyridine rings is 2. The monoisotopic (exact) mass is 641 g/mol. The van der Waals surface area contributed by atoms with Crippen molar-refractivity contribution in [3.05, 3.63) is 164 Å². The van der Waals surface area contributed by atoms with Gasteiger partial charge in [-0.3, -0.25) is 8.97 Å². The fourth-order valence-corrected chi connectivity index (χ4v) is 7.93. The molecule has 50 heavy (non-hydrogen) atoms. The molecule has 0 atom stereocenters. The molecule has 5 heterocycles. The molecule has 0 aliphatic rings. The molecule has 11 aromatic rings. The Morgan fingerprint density at radius 2 is 1.14 bits per heavy atom. The number of ether oxygens (including phenoxy) is 1. The molecule has 0 radical (unpaired) electrons. The maximum atomic E-state index is 6.60. The summed E-state index contributed by atoms with van der Waals surface area (Å²) in [4.78, 5) is 9.67. The van der Waals surface area contributed by atoms with Gasteiger partial charge in [-0.05, 0) is 78.2 Å². The van der Waals surface area contributed by atoms with E-state index < -0.39 is 0 Å². The Kier molecular flexibility index (Phi) is 5.57. The van der Waals surface area contributed by atoms with Gasteiger partial charge >= 0.3 is 0 Å². The van der Waals surface area contributed by atoms with Crippen LogP contribution in [0.2, 0.25) is 0 Å². The number of aromatic nitrogens is 5. The largest absolute Gasteiger partial charge is 0.457 e. The van der Waals surface area contributed by atoms with Crippen LogP contribution in [-0.4, -0.2) is 23.5 Å². The van der Waals surface area contributed by atoms with Crippen molar-refractivity contribution in [1.29, 1.82) is 0 Å². The quantitative estimate of drug-likeness (QED) is 0.180. The molecule has 5 aromatic heterocycles. The third-order valence-corrected chi connectivity index (χ3v) is 9.98. The van der Waals surface area contributed by atoms with Crippen molar-refractivity contribution in [2.75, 3.05) is 0 Å². The SMILES string of the molecule is c1ccc(-n2c3ccccc3c3ccc4c(c5cccnc5n4-c4cccc(Oc5ccc6c7ccccc7n7ccnc7c6c5)c4)c32)cc1. The summed E-state index contributed by atoms with van der Waals surface area (Å²) in [7, 11) is 0. The zero-order valence-corrected chi connectivity index (χ0v) is 26.7. The highest BCUT2D eigenvalue weighted by Crippen LogP contribution is 2.42. The van der Waals surface area contributed by atoms with E-state index in [1.165, 1.54) is 32.6 Å². The van der Waals surface area contributed by atoms with Gasteiger partial charge in [-0.25, -0.2) is 9.97 Å². The van der Waals surface area contributed by atoms with Crippen LogP contribution < -0.4 is 4.74 Å². The number of nitrogens with zero attached hydrogens (tertiary/aromatic N) is 5. The molecule has 6 heteroatoms. The van der Waals surface area contributed by atoms with Gasteiger partial charge in [0.1, 0.15) is 22.8 Å². The average molecular weight is 642 g/mol. The molecular weight excluding hydrogens is 615 g/mol. The molecule has 0 aliphatic carbocycles. The van der Waals surface area contributed by atoms with Crippen LogP contribution in [0.25, 0.3) is 82.4 Å². The van der Waals surface area contributed by atoms with E-state index in [0.29, 0.717) is 0 Å². The molecule has 0 saturated heterocycles. The minimum atomic E-state index is 0.743. The standard InChI is InChI=1S/C44H27N5O/c1-2-10-28(11-3-1)48-39-18-7-5-15-34(39)35-21-22-40-41(42(35)48)36-16-9-23-45-44(36)49(40)29-12-8-13-30(26-29)50-31-19-20-32-33-14-4-6-17-38(33)47-25-24-46-43(47)37(32)27-31/h1-27H. The van der Waals surface area contributed by atoms with E-state index in [1.807, 2.05) is 42.9 Å². The Labute approximate surface area is 285 Å². The van der Waals surface area contributed by atoms with Crippen LogP contribution >= 0.6 is 0 Å².